The van der Waals surface area contributed by atoms with E-state index in [1.54, 1.807) is 6.92 Å². The Bertz CT molecular complexity index is 896. The van der Waals surface area contributed by atoms with Crippen molar-refractivity contribution in [3.05, 3.63) is 59.7 Å². The van der Waals surface area contributed by atoms with Gasteiger partial charge in [0.2, 0.25) is 5.91 Å². The van der Waals surface area contributed by atoms with Gasteiger partial charge >= 0.3 is 0 Å². The normalized spacial score (nSPS) is 23.0. The van der Waals surface area contributed by atoms with Gasteiger partial charge in [0.15, 0.2) is 0 Å². The molecule has 4 rings (SSSR count). The molecule has 3 aromatic rings. The number of hydrogen-bond donors (Lipinski definition) is 1. The monoisotopic (exact) mass is 367 g/mol. The number of fused-ring (bicyclic) bond motifs is 1. The fourth-order valence-corrected chi connectivity index (χ4v) is 4.27. The van der Waals surface area contributed by atoms with Crippen LogP contribution in [0.15, 0.2) is 48.5 Å². The van der Waals surface area contributed by atoms with Crippen molar-refractivity contribution in [2.75, 3.05) is 0 Å². The smallest absolute Gasteiger partial charge is 0.217 e. The van der Waals surface area contributed by atoms with E-state index in [4.69, 9.17) is 4.74 Å². The Kier molecular flexibility index (Phi) is 4.95. The molecule has 0 bridgehead atoms. The first-order chi connectivity index (χ1) is 12.7. The molecule has 0 unspecified atom stereocenters. The number of aromatic nitrogens is 2. The van der Waals surface area contributed by atoms with Crippen LogP contribution >= 0.6 is 11.7 Å². The van der Waals surface area contributed by atoms with Crippen LogP contribution in [-0.4, -0.2) is 26.8 Å². The molecule has 0 saturated carbocycles. The molecule has 1 aromatic heterocycles. The van der Waals surface area contributed by atoms with Gasteiger partial charge in [0.1, 0.15) is 11.0 Å². The Morgan fingerprint density at radius 1 is 1.15 bits per heavy atom. The number of rotatable bonds is 4. The van der Waals surface area contributed by atoms with E-state index in [9.17, 15) is 4.79 Å². The van der Waals surface area contributed by atoms with E-state index in [-0.39, 0.29) is 24.2 Å². The second-order valence-electron chi connectivity index (χ2n) is 6.78. The number of benzene rings is 2. The first-order valence-electron chi connectivity index (χ1n) is 8.86. The van der Waals surface area contributed by atoms with E-state index >= 15 is 0 Å². The third-order valence-corrected chi connectivity index (χ3v) is 5.32. The van der Waals surface area contributed by atoms with Gasteiger partial charge in [0, 0.05) is 18.5 Å². The van der Waals surface area contributed by atoms with Gasteiger partial charge in [0.25, 0.3) is 0 Å². The molecule has 1 amide bonds. The second-order valence-corrected chi connectivity index (χ2v) is 7.31. The first kappa shape index (κ1) is 17.1. The highest BCUT2D eigenvalue weighted by Crippen LogP contribution is 2.35. The number of amides is 1. The van der Waals surface area contributed by atoms with Crippen LogP contribution in [0.25, 0.3) is 11.0 Å². The molecule has 1 fully saturated rings. The van der Waals surface area contributed by atoms with E-state index in [2.05, 4.69) is 32.3 Å². The maximum Gasteiger partial charge on any atom is 0.217 e. The molecule has 6 heteroatoms. The predicted molar refractivity (Wildman–Crippen MR) is 102 cm³/mol. The SMILES string of the molecule is CC(=O)N[C@@H]1C[C@H](Cc2ccccc2)O[C@H](c2cccc3nsnc23)C1. The number of ether oxygens (including phenoxy) is 1. The Morgan fingerprint density at radius 2 is 2.00 bits per heavy atom. The van der Waals surface area contributed by atoms with Crippen LogP contribution in [0.2, 0.25) is 0 Å². The summed E-state index contributed by atoms with van der Waals surface area (Å²) in [4.78, 5) is 11.6. The lowest BCUT2D eigenvalue weighted by atomic mass is 9.91. The molecule has 0 spiro atoms. The van der Waals surface area contributed by atoms with Gasteiger partial charge in [0.05, 0.1) is 23.9 Å². The zero-order valence-electron chi connectivity index (χ0n) is 14.6. The first-order valence-corrected chi connectivity index (χ1v) is 9.60. The van der Waals surface area contributed by atoms with Gasteiger partial charge in [-0.3, -0.25) is 4.79 Å². The largest absolute Gasteiger partial charge is 0.370 e. The van der Waals surface area contributed by atoms with Crippen molar-refractivity contribution in [2.24, 2.45) is 0 Å². The number of nitrogens with zero attached hydrogens (tertiary/aromatic N) is 2. The molecule has 2 aromatic carbocycles. The molecule has 0 radical (unpaired) electrons. The fraction of sp³-hybridized carbons (Fsp3) is 0.350. The molecule has 134 valence electrons. The minimum Gasteiger partial charge on any atom is -0.370 e. The highest BCUT2D eigenvalue weighted by Gasteiger charge is 2.32. The summed E-state index contributed by atoms with van der Waals surface area (Å²) in [5.74, 6) is 0.00245. The van der Waals surface area contributed by atoms with E-state index < -0.39 is 0 Å². The van der Waals surface area contributed by atoms with Gasteiger partial charge in [-0.2, -0.15) is 8.75 Å². The average Bonchev–Trinajstić information content (AvgIpc) is 3.10. The maximum absolute atomic E-state index is 11.6. The molecule has 0 aliphatic carbocycles. The van der Waals surface area contributed by atoms with Gasteiger partial charge < -0.3 is 10.1 Å². The van der Waals surface area contributed by atoms with Crippen LogP contribution in [-0.2, 0) is 16.0 Å². The summed E-state index contributed by atoms with van der Waals surface area (Å²) in [6, 6.07) is 16.5. The summed E-state index contributed by atoms with van der Waals surface area (Å²) in [5.41, 5.74) is 4.11. The zero-order chi connectivity index (χ0) is 17.9. The van der Waals surface area contributed by atoms with Gasteiger partial charge in [-0.1, -0.05) is 42.5 Å². The molecule has 1 N–H and O–H groups in total. The number of nitrogens with one attached hydrogen (secondary N) is 1. The van der Waals surface area contributed by atoms with E-state index in [1.165, 1.54) is 17.3 Å². The predicted octanol–water partition coefficient (Wildman–Crippen LogP) is 3.66. The standard InChI is InChI=1S/C20H21N3O2S/c1-13(24)21-15-11-16(10-14-6-3-2-4-7-14)25-19(12-15)17-8-5-9-18-20(17)23-26-22-18/h2-9,15-16,19H,10-12H2,1H3,(H,21,24)/t15-,16+,19+/m1/s1. The quantitative estimate of drug-likeness (QED) is 0.764. The van der Waals surface area contributed by atoms with Crippen molar-refractivity contribution in [1.82, 2.24) is 14.1 Å². The number of hydrogen-bond acceptors (Lipinski definition) is 5. The lowest BCUT2D eigenvalue weighted by molar-refractivity contribution is -0.122. The van der Waals surface area contributed by atoms with E-state index in [0.717, 1.165) is 35.9 Å². The Balaban J connectivity index is 1.60. The van der Waals surface area contributed by atoms with Crippen molar-refractivity contribution < 1.29 is 9.53 Å². The third kappa shape index (κ3) is 3.76. The number of carbonyl (C=O) groups excluding carboxylic acids is 1. The molecule has 1 aliphatic heterocycles. The summed E-state index contributed by atoms with van der Waals surface area (Å²) >= 11 is 1.22. The third-order valence-electron chi connectivity index (χ3n) is 4.78. The van der Waals surface area contributed by atoms with Crippen molar-refractivity contribution in [3.63, 3.8) is 0 Å². The lowest BCUT2D eigenvalue weighted by Crippen LogP contribution is -2.42. The maximum atomic E-state index is 11.6. The Morgan fingerprint density at radius 3 is 2.81 bits per heavy atom. The van der Waals surface area contributed by atoms with Crippen molar-refractivity contribution in [1.29, 1.82) is 0 Å². The van der Waals surface area contributed by atoms with Crippen LogP contribution in [0.3, 0.4) is 0 Å². The van der Waals surface area contributed by atoms with Crippen LogP contribution < -0.4 is 5.32 Å². The molecule has 3 atom stereocenters. The molecule has 1 aliphatic rings. The summed E-state index contributed by atoms with van der Waals surface area (Å²) in [6.07, 6.45) is 2.35. The minimum absolute atomic E-state index is 0.00245. The summed E-state index contributed by atoms with van der Waals surface area (Å²) in [6.45, 7) is 1.57. The molecule has 26 heavy (non-hydrogen) atoms. The Hall–Kier alpha value is -2.31. The topological polar surface area (TPSA) is 64.1 Å². The summed E-state index contributed by atoms with van der Waals surface area (Å²) in [5, 5.41) is 3.09. The van der Waals surface area contributed by atoms with Crippen molar-refractivity contribution in [2.45, 2.75) is 44.4 Å². The van der Waals surface area contributed by atoms with Crippen LogP contribution in [0.5, 0.6) is 0 Å². The van der Waals surface area contributed by atoms with E-state index in [0.29, 0.717) is 0 Å². The summed E-state index contributed by atoms with van der Waals surface area (Å²) in [7, 11) is 0. The Labute approximate surface area is 156 Å². The molecular formula is C20H21N3O2S. The molecule has 5 nitrogen and oxygen atoms in total. The minimum atomic E-state index is -0.0955. The number of carbonyl (C=O) groups is 1. The highest BCUT2D eigenvalue weighted by molar-refractivity contribution is 7.00. The van der Waals surface area contributed by atoms with E-state index in [1.807, 2.05) is 30.3 Å². The van der Waals surface area contributed by atoms with Gasteiger partial charge in [-0.05, 0) is 30.9 Å². The van der Waals surface area contributed by atoms with Gasteiger partial charge in [-0.25, -0.2) is 0 Å². The van der Waals surface area contributed by atoms with Crippen LogP contribution in [0, 0.1) is 0 Å². The van der Waals surface area contributed by atoms with Crippen molar-refractivity contribution >= 4 is 28.7 Å². The second kappa shape index (κ2) is 7.51. The zero-order valence-corrected chi connectivity index (χ0v) is 15.4. The fourth-order valence-electron chi connectivity index (χ4n) is 3.72. The lowest BCUT2D eigenvalue weighted by Gasteiger charge is -2.36. The average molecular weight is 367 g/mol. The van der Waals surface area contributed by atoms with Crippen LogP contribution in [0.4, 0.5) is 0 Å². The van der Waals surface area contributed by atoms with Crippen molar-refractivity contribution in [3.8, 4) is 0 Å². The highest BCUT2D eigenvalue weighted by atomic mass is 32.1. The molecule has 2 heterocycles. The molecule has 1 saturated heterocycles. The van der Waals surface area contributed by atoms with Gasteiger partial charge in [-0.15, -0.1) is 0 Å². The van der Waals surface area contributed by atoms with Crippen LogP contribution in [0.1, 0.15) is 37.0 Å². The molecular weight excluding hydrogens is 346 g/mol. The summed E-state index contributed by atoms with van der Waals surface area (Å²) < 4.78 is 15.2.